The van der Waals surface area contributed by atoms with Crippen LogP contribution in [0.2, 0.25) is 0 Å². The van der Waals surface area contributed by atoms with Gasteiger partial charge < -0.3 is 15.9 Å². The van der Waals surface area contributed by atoms with Crippen molar-refractivity contribution in [2.45, 2.75) is 69.3 Å². The van der Waals surface area contributed by atoms with Gasteiger partial charge in [-0.1, -0.05) is 11.8 Å². The SMILES string of the molecule is O=C(O)c1cnn(CC2CC2)c1C(F)(F)F.[NH-]C1C2CC3CC1CC(O)(C3)C2. The first kappa shape index (κ1) is 19.7. The zero-order chi connectivity index (χ0) is 20.3. The average molecular weight is 400 g/mol. The van der Waals surface area contributed by atoms with E-state index in [9.17, 15) is 23.1 Å². The molecule has 1 aromatic heterocycles. The van der Waals surface area contributed by atoms with Gasteiger partial charge in [0.25, 0.3) is 0 Å². The first-order valence-corrected chi connectivity index (χ1v) is 9.85. The van der Waals surface area contributed by atoms with Gasteiger partial charge in [0.2, 0.25) is 0 Å². The zero-order valence-corrected chi connectivity index (χ0v) is 15.5. The first-order chi connectivity index (χ1) is 13.1. The monoisotopic (exact) mass is 400 g/mol. The Bertz CT molecular complexity index is 743. The van der Waals surface area contributed by atoms with Crippen LogP contribution in [0.5, 0.6) is 0 Å². The van der Waals surface area contributed by atoms with Gasteiger partial charge in [0.1, 0.15) is 5.56 Å². The van der Waals surface area contributed by atoms with Crippen molar-refractivity contribution in [1.82, 2.24) is 9.78 Å². The van der Waals surface area contributed by atoms with E-state index in [0.29, 0.717) is 11.8 Å². The molecular formula is C19H25F3N3O3-. The predicted molar refractivity (Wildman–Crippen MR) is 93.5 cm³/mol. The number of hydrogen-bond acceptors (Lipinski definition) is 3. The summed E-state index contributed by atoms with van der Waals surface area (Å²) in [6.45, 7) is 0.141. The summed E-state index contributed by atoms with van der Waals surface area (Å²) in [7, 11) is 0. The molecule has 5 saturated carbocycles. The number of hydrogen-bond donors (Lipinski definition) is 2. The Hall–Kier alpha value is -1.61. The number of aromatic carboxylic acids is 1. The number of carbonyl (C=O) groups is 1. The summed E-state index contributed by atoms with van der Waals surface area (Å²) >= 11 is 0. The summed E-state index contributed by atoms with van der Waals surface area (Å²) in [5.74, 6) is 0.411. The maximum Gasteiger partial charge on any atom is 0.433 e. The average Bonchev–Trinajstić information content (AvgIpc) is 3.26. The van der Waals surface area contributed by atoms with E-state index in [1.165, 1.54) is 12.8 Å². The molecule has 2 atom stereocenters. The highest BCUT2D eigenvalue weighted by molar-refractivity contribution is 5.88. The van der Waals surface area contributed by atoms with E-state index < -0.39 is 23.4 Å². The van der Waals surface area contributed by atoms with Gasteiger partial charge >= 0.3 is 12.1 Å². The summed E-state index contributed by atoms with van der Waals surface area (Å²) in [5.41, 5.74) is 5.69. The van der Waals surface area contributed by atoms with E-state index in [-0.39, 0.29) is 24.1 Å². The van der Waals surface area contributed by atoms with E-state index in [1.807, 2.05) is 0 Å². The van der Waals surface area contributed by atoms with Gasteiger partial charge in [0, 0.05) is 6.54 Å². The molecule has 4 bridgehead atoms. The van der Waals surface area contributed by atoms with Crippen molar-refractivity contribution in [3.05, 3.63) is 23.2 Å². The molecule has 0 amide bonds. The second-order valence-corrected chi connectivity index (χ2v) is 9.06. The third-order valence-electron chi connectivity index (χ3n) is 6.71. The molecule has 1 aromatic rings. The topological polar surface area (TPSA) is 99.2 Å². The number of carboxylic acids is 1. The van der Waals surface area contributed by atoms with Crippen molar-refractivity contribution in [3.63, 3.8) is 0 Å². The molecule has 0 aromatic carbocycles. The lowest BCUT2D eigenvalue weighted by Gasteiger charge is -2.60. The van der Waals surface area contributed by atoms with Crippen molar-refractivity contribution >= 4 is 5.97 Å². The summed E-state index contributed by atoms with van der Waals surface area (Å²) in [6, 6.07) is 0.154. The quantitative estimate of drug-likeness (QED) is 0.801. The molecule has 0 aliphatic heterocycles. The molecule has 5 aliphatic rings. The molecule has 6 rings (SSSR count). The second-order valence-electron chi connectivity index (χ2n) is 9.06. The largest absolute Gasteiger partial charge is 0.674 e. The van der Waals surface area contributed by atoms with Crippen LogP contribution >= 0.6 is 0 Å². The first-order valence-electron chi connectivity index (χ1n) is 9.85. The third kappa shape index (κ3) is 3.78. The molecule has 6 nitrogen and oxygen atoms in total. The highest BCUT2D eigenvalue weighted by Crippen LogP contribution is 2.56. The fraction of sp³-hybridized carbons (Fsp3) is 0.789. The van der Waals surface area contributed by atoms with Crippen LogP contribution in [-0.2, 0) is 12.7 Å². The number of alkyl halides is 3. The molecule has 5 aliphatic carbocycles. The highest BCUT2D eigenvalue weighted by Gasteiger charge is 2.51. The van der Waals surface area contributed by atoms with Crippen LogP contribution in [0, 0.1) is 23.7 Å². The Morgan fingerprint density at radius 1 is 1.25 bits per heavy atom. The van der Waals surface area contributed by atoms with E-state index in [1.54, 1.807) is 0 Å². The number of rotatable bonds is 3. The van der Waals surface area contributed by atoms with E-state index in [2.05, 4.69) is 5.10 Å². The molecule has 0 saturated heterocycles. The molecular weight excluding hydrogens is 375 g/mol. The normalized spacial score (nSPS) is 36.2. The molecule has 0 spiro atoms. The fourth-order valence-electron chi connectivity index (χ4n) is 5.51. The minimum Gasteiger partial charge on any atom is -0.674 e. The van der Waals surface area contributed by atoms with Crippen LogP contribution in [0.4, 0.5) is 13.2 Å². The molecule has 9 heteroatoms. The lowest BCUT2D eigenvalue weighted by molar-refractivity contribution is -0.144. The summed E-state index contributed by atoms with van der Waals surface area (Å²) in [5, 5.41) is 22.3. The smallest absolute Gasteiger partial charge is 0.433 e. The van der Waals surface area contributed by atoms with E-state index in [4.69, 9.17) is 10.8 Å². The van der Waals surface area contributed by atoms with Gasteiger partial charge in [-0.15, -0.1) is 6.04 Å². The minimum atomic E-state index is -4.68. The molecule has 2 unspecified atom stereocenters. The van der Waals surface area contributed by atoms with Gasteiger partial charge in [-0.3, -0.25) is 4.68 Å². The van der Waals surface area contributed by atoms with Crippen LogP contribution < -0.4 is 0 Å². The number of nitrogens with one attached hydrogen (secondary N) is 1. The van der Waals surface area contributed by atoms with Gasteiger partial charge in [0.15, 0.2) is 5.69 Å². The van der Waals surface area contributed by atoms with Gasteiger partial charge in [-0.05, 0) is 56.8 Å². The summed E-state index contributed by atoms with van der Waals surface area (Å²) < 4.78 is 38.7. The predicted octanol–water partition coefficient (Wildman–Crippen LogP) is 3.99. The van der Waals surface area contributed by atoms with Crippen molar-refractivity contribution in [2.75, 3.05) is 0 Å². The number of carboxylic acid groups (broad SMARTS) is 1. The van der Waals surface area contributed by atoms with Crippen LogP contribution in [-0.4, -0.2) is 37.6 Å². The number of aromatic nitrogens is 2. The highest BCUT2D eigenvalue weighted by atomic mass is 19.4. The van der Waals surface area contributed by atoms with Crippen LogP contribution in [0.3, 0.4) is 0 Å². The lowest BCUT2D eigenvalue weighted by Crippen LogP contribution is -2.55. The van der Waals surface area contributed by atoms with Crippen LogP contribution in [0.1, 0.15) is 61.0 Å². The Morgan fingerprint density at radius 2 is 1.86 bits per heavy atom. The maximum atomic E-state index is 12.6. The maximum absolute atomic E-state index is 12.6. The summed E-state index contributed by atoms with van der Waals surface area (Å²) in [4.78, 5) is 10.6. The molecule has 3 N–H and O–H groups in total. The number of aliphatic hydroxyl groups is 1. The van der Waals surface area contributed by atoms with E-state index in [0.717, 1.165) is 48.9 Å². The lowest BCUT2D eigenvalue weighted by atomic mass is 9.52. The Kier molecular flexibility index (Phi) is 4.73. The zero-order valence-electron chi connectivity index (χ0n) is 15.5. The molecule has 156 valence electrons. The van der Waals surface area contributed by atoms with Crippen LogP contribution in [0.25, 0.3) is 5.73 Å². The van der Waals surface area contributed by atoms with Gasteiger partial charge in [0.05, 0.1) is 11.8 Å². The Balaban J connectivity index is 0.000000142. The number of halogens is 3. The Labute approximate surface area is 160 Å². The molecule has 5 fully saturated rings. The third-order valence-corrected chi connectivity index (χ3v) is 6.71. The van der Waals surface area contributed by atoms with E-state index >= 15 is 0 Å². The molecule has 1 heterocycles. The number of nitrogens with zero attached hydrogens (tertiary/aromatic N) is 2. The van der Waals surface area contributed by atoms with Gasteiger partial charge in [-0.2, -0.15) is 18.3 Å². The van der Waals surface area contributed by atoms with Crippen LogP contribution in [0.15, 0.2) is 6.20 Å². The fourth-order valence-corrected chi connectivity index (χ4v) is 5.51. The van der Waals surface area contributed by atoms with Crippen molar-refractivity contribution in [1.29, 1.82) is 0 Å². The molecule has 28 heavy (non-hydrogen) atoms. The van der Waals surface area contributed by atoms with Crippen molar-refractivity contribution in [3.8, 4) is 0 Å². The Morgan fingerprint density at radius 3 is 2.32 bits per heavy atom. The summed E-state index contributed by atoms with van der Waals surface area (Å²) in [6.07, 6.45) is 3.17. The minimum absolute atomic E-state index is 0.141. The standard InChI is InChI=1S/C10H16NO.C9H9F3N2O2/c11-9-7-1-6-2-8(9)5-10(12,3-6)4-7;10-9(11,12)7-6(8(15)16)3-13-14(7)4-5-1-2-5/h6-9,11-12H,1-5H2;3,5H,1-2,4H2,(H,15,16)/q-1;. The van der Waals surface area contributed by atoms with Crippen molar-refractivity contribution in [2.24, 2.45) is 23.7 Å². The van der Waals surface area contributed by atoms with Crippen molar-refractivity contribution < 1.29 is 28.2 Å². The van der Waals surface area contributed by atoms with Gasteiger partial charge in [-0.25, -0.2) is 4.79 Å². The second kappa shape index (κ2) is 6.73. The molecule has 0 radical (unpaired) electrons.